The second-order valence-electron chi connectivity index (χ2n) is 3.48. The fraction of sp³-hybridized carbons (Fsp3) is 0.500. The van der Waals surface area contributed by atoms with Gasteiger partial charge in [-0.15, -0.1) is 0 Å². The van der Waals surface area contributed by atoms with Gasteiger partial charge in [-0.05, 0) is 0 Å². The fourth-order valence-electron chi connectivity index (χ4n) is 0.952. The molecule has 0 aliphatic carbocycles. The van der Waals surface area contributed by atoms with Gasteiger partial charge in [0.1, 0.15) is 5.02 Å². The molecule has 0 spiro atoms. The molecule has 0 aromatic carbocycles. The van der Waals surface area contributed by atoms with Crippen molar-refractivity contribution in [2.75, 3.05) is 6.54 Å². The van der Waals surface area contributed by atoms with E-state index in [-0.39, 0.29) is 16.0 Å². The van der Waals surface area contributed by atoms with Crippen molar-refractivity contribution < 1.29 is 0 Å². The molecular weight excluding hydrogens is 190 g/mol. The molecule has 0 bridgehead atoms. The number of nitrogens with two attached hydrogens (primary N) is 1. The molecule has 0 atom stereocenters. The summed E-state index contributed by atoms with van der Waals surface area (Å²) < 4.78 is 0. The van der Waals surface area contributed by atoms with Gasteiger partial charge in [-0.1, -0.05) is 25.4 Å². The number of rotatable bonds is 2. The highest BCUT2D eigenvalue weighted by atomic mass is 35.5. The summed E-state index contributed by atoms with van der Waals surface area (Å²) in [5.41, 5.74) is 5.39. The van der Waals surface area contributed by atoms with E-state index >= 15 is 0 Å². The molecule has 3 N–H and O–H groups in total. The zero-order valence-corrected chi connectivity index (χ0v) is 8.35. The molecule has 0 fully saturated rings. The first-order chi connectivity index (χ1) is 5.99. The standard InChI is InChI=1S/C8H12ClN3O/c1-8(2,3-10)6-5(9)7(13)12-4-11-6/h4H,3,10H2,1-2H3,(H,11,12,13). The molecule has 1 rings (SSSR count). The molecule has 4 nitrogen and oxygen atoms in total. The lowest BCUT2D eigenvalue weighted by atomic mass is 9.89. The van der Waals surface area contributed by atoms with Gasteiger partial charge < -0.3 is 10.7 Å². The van der Waals surface area contributed by atoms with E-state index in [1.165, 1.54) is 6.33 Å². The zero-order chi connectivity index (χ0) is 10.1. The normalized spacial score (nSPS) is 11.7. The van der Waals surface area contributed by atoms with E-state index in [1.54, 1.807) is 0 Å². The van der Waals surface area contributed by atoms with Crippen LogP contribution in [-0.2, 0) is 5.41 Å². The number of hydrogen-bond acceptors (Lipinski definition) is 3. The molecule has 1 aromatic rings. The van der Waals surface area contributed by atoms with Gasteiger partial charge in [0.25, 0.3) is 5.56 Å². The van der Waals surface area contributed by atoms with Crippen molar-refractivity contribution >= 4 is 11.6 Å². The van der Waals surface area contributed by atoms with E-state index in [1.807, 2.05) is 13.8 Å². The van der Waals surface area contributed by atoms with E-state index in [9.17, 15) is 4.79 Å². The van der Waals surface area contributed by atoms with Gasteiger partial charge >= 0.3 is 0 Å². The van der Waals surface area contributed by atoms with E-state index < -0.39 is 0 Å². The Morgan fingerprint density at radius 3 is 2.85 bits per heavy atom. The second kappa shape index (κ2) is 3.47. The Morgan fingerprint density at radius 2 is 2.31 bits per heavy atom. The number of H-pyrrole nitrogens is 1. The quantitative estimate of drug-likeness (QED) is 0.739. The van der Waals surface area contributed by atoms with Crippen LogP contribution in [0.1, 0.15) is 19.5 Å². The predicted octanol–water partition coefficient (Wildman–Crippen LogP) is 0.660. The van der Waals surface area contributed by atoms with Crippen LogP contribution in [0.25, 0.3) is 0 Å². The van der Waals surface area contributed by atoms with Crippen LogP contribution in [0.15, 0.2) is 11.1 Å². The van der Waals surface area contributed by atoms with Crippen molar-refractivity contribution in [3.05, 3.63) is 27.4 Å². The average molecular weight is 202 g/mol. The summed E-state index contributed by atoms with van der Waals surface area (Å²) in [7, 11) is 0. The van der Waals surface area contributed by atoms with Gasteiger partial charge in [-0.2, -0.15) is 0 Å². The summed E-state index contributed by atoms with van der Waals surface area (Å²) >= 11 is 5.79. The zero-order valence-electron chi connectivity index (χ0n) is 7.60. The van der Waals surface area contributed by atoms with Gasteiger partial charge in [-0.3, -0.25) is 4.79 Å². The summed E-state index contributed by atoms with van der Waals surface area (Å²) in [5.74, 6) is 0. The molecular formula is C8H12ClN3O. The van der Waals surface area contributed by atoms with Crippen LogP contribution in [0.3, 0.4) is 0 Å². The van der Waals surface area contributed by atoms with Crippen molar-refractivity contribution in [2.24, 2.45) is 5.73 Å². The topological polar surface area (TPSA) is 71.8 Å². The molecule has 0 unspecified atom stereocenters. The Balaban J connectivity index is 3.31. The first-order valence-electron chi connectivity index (χ1n) is 3.93. The maximum atomic E-state index is 11.1. The lowest BCUT2D eigenvalue weighted by Crippen LogP contribution is -2.31. The van der Waals surface area contributed by atoms with Crippen molar-refractivity contribution in [2.45, 2.75) is 19.3 Å². The van der Waals surface area contributed by atoms with E-state index in [0.29, 0.717) is 12.2 Å². The lowest BCUT2D eigenvalue weighted by molar-refractivity contribution is 0.519. The summed E-state index contributed by atoms with van der Waals surface area (Å²) in [6.07, 6.45) is 1.33. The molecule has 0 radical (unpaired) electrons. The van der Waals surface area contributed by atoms with Crippen molar-refractivity contribution in [3.63, 3.8) is 0 Å². The molecule has 1 heterocycles. The Hall–Kier alpha value is -0.870. The third-order valence-corrected chi connectivity index (χ3v) is 2.30. The average Bonchev–Trinajstić information content (AvgIpc) is 2.09. The number of halogens is 1. The monoisotopic (exact) mass is 201 g/mol. The largest absolute Gasteiger partial charge is 0.330 e. The number of aromatic nitrogens is 2. The second-order valence-corrected chi connectivity index (χ2v) is 3.86. The smallest absolute Gasteiger partial charge is 0.269 e. The summed E-state index contributed by atoms with van der Waals surface area (Å²) in [6.45, 7) is 4.17. The van der Waals surface area contributed by atoms with Crippen LogP contribution in [0.4, 0.5) is 0 Å². The summed E-state index contributed by atoms with van der Waals surface area (Å²) in [4.78, 5) is 17.5. The number of aromatic amines is 1. The van der Waals surface area contributed by atoms with Crippen LogP contribution in [0.5, 0.6) is 0 Å². The number of hydrogen-bond donors (Lipinski definition) is 2. The van der Waals surface area contributed by atoms with Crippen molar-refractivity contribution in [1.82, 2.24) is 9.97 Å². The number of nitrogens with one attached hydrogen (secondary N) is 1. The minimum absolute atomic E-state index is 0.123. The minimum atomic E-state index is -0.370. The third kappa shape index (κ3) is 1.89. The highest BCUT2D eigenvalue weighted by Crippen LogP contribution is 2.23. The van der Waals surface area contributed by atoms with E-state index in [4.69, 9.17) is 17.3 Å². The summed E-state index contributed by atoms with van der Waals surface area (Å²) in [5, 5.41) is 0.123. The molecule has 0 saturated heterocycles. The number of nitrogens with zero attached hydrogens (tertiary/aromatic N) is 1. The highest BCUT2D eigenvalue weighted by Gasteiger charge is 2.24. The maximum Gasteiger partial charge on any atom is 0.269 e. The molecule has 0 saturated carbocycles. The fourth-order valence-corrected chi connectivity index (χ4v) is 1.31. The van der Waals surface area contributed by atoms with Gasteiger partial charge in [0.15, 0.2) is 0 Å². The van der Waals surface area contributed by atoms with Gasteiger partial charge in [0.2, 0.25) is 0 Å². The molecule has 0 aliphatic heterocycles. The Kier molecular flexibility index (Phi) is 2.73. The molecule has 72 valence electrons. The van der Waals surface area contributed by atoms with E-state index in [0.717, 1.165) is 0 Å². The molecule has 5 heteroatoms. The van der Waals surface area contributed by atoms with Crippen LogP contribution in [0, 0.1) is 0 Å². The maximum absolute atomic E-state index is 11.1. The first-order valence-corrected chi connectivity index (χ1v) is 4.30. The molecule has 0 aliphatic rings. The third-order valence-electron chi connectivity index (χ3n) is 1.95. The summed E-state index contributed by atoms with van der Waals surface area (Å²) in [6, 6.07) is 0. The molecule has 1 aromatic heterocycles. The van der Waals surface area contributed by atoms with Crippen LogP contribution < -0.4 is 11.3 Å². The van der Waals surface area contributed by atoms with Crippen LogP contribution in [-0.4, -0.2) is 16.5 Å². The Morgan fingerprint density at radius 1 is 1.69 bits per heavy atom. The van der Waals surface area contributed by atoms with Crippen LogP contribution >= 0.6 is 11.6 Å². The van der Waals surface area contributed by atoms with Gasteiger partial charge in [0.05, 0.1) is 12.0 Å². The van der Waals surface area contributed by atoms with Gasteiger partial charge in [-0.25, -0.2) is 4.98 Å². The van der Waals surface area contributed by atoms with Crippen molar-refractivity contribution in [3.8, 4) is 0 Å². The van der Waals surface area contributed by atoms with Crippen molar-refractivity contribution in [1.29, 1.82) is 0 Å². The first kappa shape index (κ1) is 10.2. The predicted molar refractivity (Wildman–Crippen MR) is 51.9 cm³/mol. The van der Waals surface area contributed by atoms with Crippen LogP contribution in [0.2, 0.25) is 5.02 Å². The van der Waals surface area contributed by atoms with E-state index in [2.05, 4.69) is 9.97 Å². The molecule has 13 heavy (non-hydrogen) atoms. The highest BCUT2D eigenvalue weighted by molar-refractivity contribution is 6.31. The SMILES string of the molecule is CC(C)(CN)c1nc[nH]c(=O)c1Cl. The molecule has 0 amide bonds. The van der Waals surface area contributed by atoms with Gasteiger partial charge in [0, 0.05) is 12.0 Å². The Labute approximate surface area is 81.1 Å². The lowest BCUT2D eigenvalue weighted by Gasteiger charge is -2.21. The minimum Gasteiger partial charge on any atom is -0.330 e. The Bertz CT molecular complexity index is 359.